The molecule has 25 heavy (non-hydrogen) atoms. The van der Waals surface area contributed by atoms with Crippen LogP contribution in [0.1, 0.15) is 12.8 Å². The molecule has 1 aromatic carbocycles. The Labute approximate surface area is 143 Å². The van der Waals surface area contributed by atoms with Gasteiger partial charge in [0.2, 0.25) is 0 Å². The molecule has 3 aromatic rings. The van der Waals surface area contributed by atoms with Crippen molar-refractivity contribution >= 4 is 17.3 Å². The van der Waals surface area contributed by atoms with E-state index >= 15 is 0 Å². The molecule has 1 aliphatic heterocycles. The van der Waals surface area contributed by atoms with Gasteiger partial charge in [-0.3, -0.25) is 4.79 Å². The Morgan fingerprint density at radius 3 is 3.00 bits per heavy atom. The van der Waals surface area contributed by atoms with E-state index in [1.165, 1.54) is 12.1 Å². The second-order valence-electron chi connectivity index (χ2n) is 6.24. The molecule has 0 radical (unpaired) electrons. The third-order valence-corrected chi connectivity index (χ3v) is 4.56. The summed E-state index contributed by atoms with van der Waals surface area (Å²) in [6, 6.07) is 8.15. The predicted octanol–water partition coefficient (Wildman–Crippen LogP) is 2.84. The van der Waals surface area contributed by atoms with Gasteiger partial charge in [0, 0.05) is 31.0 Å². The summed E-state index contributed by atoms with van der Waals surface area (Å²) in [6.07, 6.45) is 4.88. The SMILES string of the molecule is O=C(O)C1CCCN(c2nccn3nc(-c4cccc(F)c4)cc23)C1. The molecule has 1 unspecified atom stereocenters. The minimum Gasteiger partial charge on any atom is -0.481 e. The van der Waals surface area contributed by atoms with Crippen molar-refractivity contribution in [3.63, 3.8) is 0 Å². The molecule has 7 heteroatoms. The Balaban J connectivity index is 1.74. The number of aromatic nitrogens is 3. The van der Waals surface area contributed by atoms with E-state index in [0.717, 1.165) is 18.5 Å². The Kier molecular flexibility index (Phi) is 3.83. The number of hydrogen-bond acceptors (Lipinski definition) is 4. The van der Waals surface area contributed by atoms with Crippen LogP contribution < -0.4 is 4.90 Å². The average molecular weight is 340 g/mol. The summed E-state index contributed by atoms with van der Waals surface area (Å²) in [7, 11) is 0. The maximum atomic E-state index is 13.5. The predicted molar refractivity (Wildman–Crippen MR) is 91.0 cm³/mol. The number of anilines is 1. The summed E-state index contributed by atoms with van der Waals surface area (Å²) in [5.74, 6) is -0.760. The molecule has 6 nitrogen and oxygen atoms in total. The van der Waals surface area contributed by atoms with E-state index in [1.54, 1.807) is 29.0 Å². The van der Waals surface area contributed by atoms with Crippen molar-refractivity contribution in [2.75, 3.05) is 18.0 Å². The lowest BCUT2D eigenvalue weighted by Gasteiger charge is -2.31. The summed E-state index contributed by atoms with van der Waals surface area (Å²) in [4.78, 5) is 17.8. The number of halogens is 1. The third kappa shape index (κ3) is 2.93. The van der Waals surface area contributed by atoms with Crippen LogP contribution in [-0.2, 0) is 4.79 Å². The van der Waals surface area contributed by atoms with Crippen LogP contribution in [0.25, 0.3) is 16.8 Å². The Bertz CT molecular complexity index is 940. The number of carboxylic acids is 1. The van der Waals surface area contributed by atoms with Crippen LogP contribution in [0.4, 0.5) is 10.2 Å². The highest BCUT2D eigenvalue weighted by atomic mass is 19.1. The van der Waals surface area contributed by atoms with Gasteiger partial charge in [0.25, 0.3) is 0 Å². The molecule has 0 spiro atoms. The maximum Gasteiger partial charge on any atom is 0.308 e. The number of fused-ring (bicyclic) bond motifs is 1. The first kappa shape index (κ1) is 15.6. The van der Waals surface area contributed by atoms with Crippen molar-refractivity contribution in [2.45, 2.75) is 12.8 Å². The van der Waals surface area contributed by atoms with Gasteiger partial charge in [0.05, 0.1) is 11.6 Å². The second kappa shape index (κ2) is 6.16. The molecule has 2 aromatic heterocycles. The van der Waals surface area contributed by atoms with Crippen LogP contribution in [0.2, 0.25) is 0 Å². The molecule has 1 aliphatic rings. The minimum absolute atomic E-state index is 0.312. The zero-order valence-corrected chi connectivity index (χ0v) is 13.5. The van der Waals surface area contributed by atoms with Crippen LogP contribution in [0.5, 0.6) is 0 Å². The van der Waals surface area contributed by atoms with E-state index in [-0.39, 0.29) is 11.7 Å². The van der Waals surface area contributed by atoms with Crippen molar-refractivity contribution in [1.82, 2.24) is 14.6 Å². The molecule has 1 fully saturated rings. The van der Waals surface area contributed by atoms with Gasteiger partial charge in [-0.05, 0) is 31.0 Å². The van der Waals surface area contributed by atoms with E-state index in [2.05, 4.69) is 10.1 Å². The number of rotatable bonds is 3. The van der Waals surface area contributed by atoms with E-state index in [4.69, 9.17) is 0 Å². The summed E-state index contributed by atoms with van der Waals surface area (Å²) in [6.45, 7) is 1.19. The third-order valence-electron chi connectivity index (χ3n) is 4.56. The normalized spacial score (nSPS) is 17.8. The molecular weight excluding hydrogens is 323 g/mol. The molecule has 0 amide bonds. The van der Waals surface area contributed by atoms with Crippen molar-refractivity contribution in [2.24, 2.45) is 5.92 Å². The number of benzene rings is 1. The maximum absolute atomic E-state index is 13.5. The smallest absolute Gasteiger partial charge is 0.308 e. The fourth-order valence-electron chi connectivity index (χ4n) is 3.31. The standard InChI is InChI=1S/C18H17FN4O2/c19-14-5-1-3-12(9-14)15-10-16-17(20-6-8-23(16)21-15)22-7-2-4-13(11-22)18(24)25/h1,3,5-6,8-10,13H,2,4,7,11H2,(H,24,25). The Morgan fingerprint density at radius 2 is 2.20 bits per heavy atom. The molecular formula is C18H17FN4O2. The van der Waals surface area contributed by atoms with Crippen LogP contribution in [0.15, 0.2) is 42.7 Å². The first-order valence-corrected chi connectivity index (χ1v) is 8.20. The summed E-state index contributed by atoms with van der Waals surface area (Å²) in [5.41, 5.74) is 2.13. The van der Waals surface area contributed by atoms with Gasteiger partial charge >= 0.3 is 5.97 Å². The summed E-state index contributed by atoms with van der Waals surface area (Å²) < 4.78 is 15.2. The first-order valence-electron chi connectivity index (χ1n) is 8.20. The van der Waals surface area contributed by atoms with E-state index in [9.17, 15) is 14.3 Å². The molecule has 0 saturated carbocycles. The van der Waals surface area contributed by atoms with Gasteiger partial charge in [-0.25, -0.2) is 13.9 Å². The van der Waals surface area contributed by atoms with Gasteiger partial charge < -0.3 is 10.0 Å². The van der Waals surface area contributed by atoms with Gasteiger partial charge in [-0.15, -0.1) is 0 Å². The van der Waals surface area contributed by atoms with Crippen molar-refractivity contribution in [1.29, 1.82) is 0 Å². The van der Waals surface area contributed by atoms with Crippen molar-refractivity contribution in [3.8, 4) is 11.3 Å². The number of hydrogen-bond donors (Lipinski definition) is 1. The molecule has 1 atom stereocenters. The van der Waals surface area contributed by atoms with Gasteiger partial charge in [0.1, 0.15) is 11.3 Å². The average Bonchev–Trinajstić information content (AvgIpc) is 3.06. The highest BCUT2D eigenvalue weighted by molar-refractivity contribution is 5.76. The van der Waals surface area contributed by atoms with Crippen LogP contribution in [0, 0.1) is 11.7 Å². The lowest BCUT2D eigenvalue weighted by atomic mass is 9.98. The zero-order chi connectivity index (χ0) is 17.4. The molecule has 0 aliphatic carbocycles. The number of carbonyl (C=O) groups is 1. The number of aliphatic carboxylic acids is 1. The van der Waals surface area contributed by atoms with E-state index in [0.29, 0.717) is 30.0 Å². The fraction of sp³-hybridized carbons (Fsp3) is 0.278. The topological polar surface area (TPSA) is 70.7 Å². The molecule has 128 valence electrons. The molecule has 0 bridgehead atoms. The van der Waals surface area contributed by atoms with E-state index in [1.807, 2.05) is 11.0 Å². The van der Waals surface area contributed by atoms with Crippen LogP contribution in [-0.4, -0.2) is 38.8 Å². The quantitative estimate of drug-likeness (QED) is 0.794. The Morgan fingerprint density at radius 1 is 1.32 bits per heavy atom. The second-order valence-corrected chi connectivity index (χ2v) is 6.24. The molecule has 4 rings (SSSR count). The minimum atomic E-state index is -0.773. The summed E-state index contributed by atoms with van der Waals surface area (Å²) >= 11 is 0. The molecule has 3 heterocycles. The lowest BCUT2D eigenvalue weighted by molar-refractivity contribution is -0.141. The lowest BCUT2D eigenvalue weighted by Crippen LogP contribution is -2.39. The van der Waals surface area contributed by atoms with Gasteiger partial charge in [0.15, 0.2) is 5.82 Å². The largest absolute Gasteiger partial charge is 0.481 e. The molecule has 1 N–H and O–H groups in total. The number of carboxylic acid groups (broad SMARTS) is 1. The van der Waals surface area contributed by atoms with Crippen LogP contribution >= 0.6 is 0 Å². The number of piperidine rings is 1. The van der Waals surface area contributed by atoms with Crippen molar-refractivity contribution in [3.05, 3.63) is 48.5 Å². The van der Waals surface area contributed by atoms with Crippen LogP contribution in [0.3, 0.4) is 0 Å². The highest BCUT2D eigenvalue weighted by Gasteiger charge is 2.27. The Hall–Kier alpha value is -2.96. The highest BCUT2D eigenvalue weighted by Crippen LogP contribution is 2.28. The fourth-order valence-corrected chi connectivity index (χ4v) is 3.31. The molecule has 1 saturated heterocycles. The van der Waals surface area contributed by atoms with Gasteiger partial charge in [-0.1, -0.05) is 12.1 Å². The van der Waals surface area contributed by atoms with Gasteiger partial charge in [-0.2, -0.15) is 5.10 Å². The monoisotopic (exact) mass is 340 g/mol. The zero-order valence-electron chi connectivity index (χ0n) is 13.5. The van der Waals surface area contributed by atoms with Crippen molar-refractivity contribution < 1.29 is 14.3 Å². The first-order chi connectivity index (χ1) is 12.1. The number of nitrogens with zero attached hydrogens (tertiary/aromatic N) is 4. The summed E-state index contributed by atoms with van der Waals surface area (Å²) in [5, 5.41) is 13.8. The van der Waals surface area contributed by atoms with E-state index < -0.39 is 5.97 Å².